The van der Waals surface area contributed by atoms with Crippen LogP contribution in [0.15, 0.2) is 36.4 Å². The van der Waals surface area contributed by atoms with Crippen molar-refractivity contribution >= 4 is 55.5 Å². The summed E-state index contributed by atoms with van der Waals surface area (Å²) >= 11 is 7.85. The van der Waals surface area contributed by atoms with Crippen molar-refractivity contribution in [3.63, 3.8) is 0 Å². The van der Waals surface area contributed by atoms with Crippen LogP contribution in [0.5, 0.6) is 0 Å². The number of carbonyl (C=O) groups excluding carboxylic acids is 1. The molecule has 0 saturated heterocycles. The van der Waals surface area contributed by atoms with E-state index in [1.165, 1.54) is 17.3 Å². The molecule has 2 aromatic heterocycles. The first kappa shape index (κ1) is 24.2. The highest BCUT2D eigenvalue weighted by atomic mass is 35.5. The van der Waals surface area contributed by atoms with Crippen LogP contribution in [0.4, 0.5) is 5.13 Å². The molecule has 7 nitrogen and oxygen atoms in total. The molecule has 5 N–H and O–H groups in total. The van der Waals surface area contributed by atoms with Crippen LogP contribution in [-0.4, -0.2) is 43.9 Å². The summed E-state index contributed by atoms with van der Waals surface area (Å²) in [6.07, 6.45) is 1.04. The summed E-state index contributed by atoms with van der Waals surface area (Å²) in [5, 5.41) is 2.69. The Morgan fingerprint density at radius 2 is 1.97 bits per heavy atom. The second kappa shape index (κ2) is 10.9. The molecule has 0 saturated carbocycles. The monoisotopic (exact) mass is 472 g/mol. The van der Waals surface area contributed by atoms with E-state index in [0.717, 1.165) is 39.1 Å². The number of H-pyrrole nitrogens is 1. The topological polar surface area (TPSA) is 99.1 Å². The number of aldehydes is 1. The Bertz CT molecular complexity index is 1200. The number of carbonyl (C=O) groups is 1. The lowest BCUT2D eigenvalue weighted by molar-refractivity contribution is -0.109. The van der Waals surface area contributed by atoms with Crippen LogP contribution < -0.4 is 21.5 Å². The van der Waals surface area contributed by atoms with Gasteiger partial charge in [-0.25, -0.2) is 4.98 Å². The number of benzene rings is 2. The number of aryl methyl sites for hydroxylation is 1. The number of hydrazine groups is 1. The number of aromatic amines is 1. The van der Waals surface area contributed by atoms with Gasteiger partial charge in [0.15, 0.2) is 5.13 Å². The Hall–Kier alpha value is -2.49. The minimum absolute atomic E-state index is 0.195. The van der Waals surface area contributed by atoms with Gasteiger partial charge in [0.1, 0.15) is 6.29 Å². The first-order valence-corrected chi connectivity index (χ1v) is 11.5. The average molecular weight is 473 g/mol. The number of thiazole rings is 1. The molecule has 0 spiro atoms. The molecule has 0 amide bonds. The maximum atomic E-state index is 11.9. The van der Waals surface area contributed by atoms with Crippen LogP contribution in [0.25, 0.3) is 21.1 Å². The number of nitrogens with zero attached hydrogens (tertiary/aromatic N) is 2. The van der Waals surface area contributed by atoms with Gasteiger partial charge in [0.05, 0.1) is 22.7 Å². The molecule has 3 heterocycles. The number of fused-ring (bicyclic) bond motifs is 4. The zero-order chi connectivity index (χ0) is 23.3. The lowest BCUT2D eigenvalue weighted by Crippen LogP contribution is -2.34. The van der Waals surface area contributed by atoms with Crippen LogP contribution in [0.2, 0.25) is 5.02 Å². The zero-order valence-electron chi connectivity index (χ0n) is 18.7. The van der Waals surface area contributed by atoms with E-state index in [-0.39, 0.29) is 5.92 Å². The van der Waals surface area contributed by atoms with E-state index in [0.29, 0.717) is 18.1 Å². The van der Waals surface area contributed by atoms with E-state index in [1.807, 2.05) is 32.3 Å². The maximum Gasteiger partial charge on any atom is 0.186 e. The summed E-state index contributed by atoms with van der Waals surface area (Å²) in [5.74, 6) is -0.195. The molecule has 0 bridgehead atoms. The highest BCUT2D eigenvalue weighted by Gasteiger charge is 2.30. The van der Waals surface area contributed by atoms with Gasteiger partial charge in [0.2, 0.25) is 0 Å². The van der Waals surface area contributed by atoms with E-state index in [2.05, 4.69) is 51.6 Å². The normalized spacial score (nSPS) is 14.9. The van der Waals surface area contributed by atoms with Crippen LogP contribution in [0, 0.1) is 6.92 Å². The van der Waals surface area contributed by atoms with E-state index < -0.39 is 0 Å². The quantitative estimate of drug-likeness (QED) is 0.266. The van der Waals surface area contributed by atoms with E-state index in [1.54, 1.807) is 11.3 Å². The fraction of sp³-hybridized carbons (Fsp3) is 0.304. The lowest BCUT2D eigenvalue weighted by atomic mass is 9.93. The number of rotatable bonds is 3. The average Bonchev–Trinajstić information content (AvgIpc) is 3.40. The highest BCUT2D eigenvalue weighted by Crippen LogP contribution is 2.38. The van der Waals surface area contributed by atoms with Crippen LogP contribution in [-0.2, 0) is 11.3 Å². The summed E-state index contributed by atoms with van der Waals surface area (Å²) in [7, 11) is 5.14. The Kier molecular flexibility index (Phi) is 8.22. The fourth-order valence-electron chi connectivity index (χ4n) is 3.78. The summed E-state index contributed by atoms with van der Waals surface area (Å²) in [4.78, 5) is 22.3. The molecule has 0 aliphatic carbocycles. The van der Waals surface area contributed by atoms with Gasteiger partial charge in [0, 0.05) is 28.2 Å². The Morgan fingerprint density at radius 3 is 2.66 bits per heavy atom. The Labute approximate surface area is 196 Å². The van der Waals surface area contributed by atoms with Gasteiger partial charge >= 0.3 is 0 Å². The molecule has 0 fully saturated rings. The van der Waals surface area contributed by atoms with Crippen LogP contribution >= 0.6 is 22.9 Å². The van der Waals surface area contributed by atoms with Crippen molar-refractivity contribution in [2.45, 2.75) is 19.4 Å². The zero-order valence-corrected chi connectivity index (χ0v) is 20.3. The molecule has 1 aliphatic rings. The first-order chi connectivity index (χ1) is 15.5. The molecule has 9 heteroatoms. The Morgan fingerprint density at radius 1 is 1.22 bits per heavy atom. The minimum atomic E-state index is -0.195. The molecule has 5 rings (SSSR count). The van der Waals surface area contributed by atoms with Crippen molar-refractivity contribution in [2.24, 2.45) is 5.73 Å². The maximum absolute atomic E-state index is 11.9. The molecule has 1 unspecified atom stereocenters. The first-order valence-electron chi connectivity index (χ1n) is 10.3. The highest BCUT2D eigenvalue weighted by molar-refractivity contribution is 7.22. The molecule has 170 valence electrons. The molecule has 4 aromatic rings. The third-order valence-electron chi connectivity index (χ3n) is 5.24. The predicted octanol–water partition coefficient (Wildman–Crippen LogP) is 3.96. The summed E-state index contributed by atoms with van der Waals surface area (Å²) < 4.78 is 1.18. The van der Waals surface area contributed by atoms with Gasteiger partial charge in [-0.15, -0.1) is 0 Å². The van der Waals surface area contributed by atoms with Crippen molar-refractivity contribution < 1.29 is 4.79 Å². The number of anilines is 1. The molecule has 32 heavy (non-hydrogen) atoms. The molecular weight excluding hydrogens is 444 g/mol. The van der Waals surface area contributed by atoms with Crippen molar-refractivity contribution in [2.75, 3.05) is 32.6 Å². The standard InChI is InChI=1S/C20H16ClN3OS.C2H8N2.CH5N/c1-11-2-4-16-18(6-11)26-20(23-16)24-8-12(10-25)19-14-7-13(21)3-5-15(14)22-17(19)9-24;1-3-4-2;1-2/h2-7,10,12,22H,8-9H2,1H3;3-4H,1-2H3;2H2,1H3. The van der Waals surface area contributed by atoms with Crippen molar-refractivity contribution in [1.29, 1.82) is 0 Å². The van der Waals surface area contributed by atoms with E-state index in [9.17, 15) is 4.79 Å². The van der Waals surface area contributed by atoms with Gasteiger partial charge in [-0.05, 0) is 69.5 Å². The van der Waals surface area contributed by atoms with Gasteiger partial charge < -0.3 is 20.4 Å². The van der Waals surface area contributed by atoms with E-state index >= 15 is 0 Å². The number of hydrogen-bond acceptors (Lipinski definition) is 7. The third kappa shape index (κ3) is 4.95. The van der Waals surface area contributed by atoms with Gasteiger partial charge in [-0.1, -0.05) is 29.0 Å². The third-order valence-corrected chi connectivity index (χ3v) is 6.55. The van der Waals surface area contributed by atoms with Crippen molar-refractivity contribution in [3.8, 4) is 0 Å². The number of hydrogen-bond donors (Lipinski definition) is 4. The molecule has 1 aliphatic heterocycles. The second-order valence-electron chi connectivity index (χ2n) is 7.30. The van der Waals surface area contributed by atoms with Crippen molar-refractivity contribution in [1.82, 2.24) is 20.8 Å². The van der Waals surface area contributed by atoms with Crippen LogP contribution in [0.3, 0.4) is 0 Å². The van der Waals surface area contributed by atoms with Crippen molar-refractivity contribution in [3.05, 3.63) is 58.2 Å². The summed E-state index contributed by atoms with van der Waals surface area (Å²) in [5.41, 5.74) is 15.3. The lowest BCUT2D eigenvalue weighted by Gasteiger charge is -2.30. The number of nitrogens with one attached hydrogen (secondary N) is 3. The fourth-order valence-corrected chi connectivity index (χ4v) is 5.03. The predicted molar refractivity (Wildman–Crippen MR) is 136 cm³/mol. The Balaban J connectivity index is 0.000000437. The number of aromatic nitrogens is 2. The molecule has 2 aromatic carbocycles. The smallest absolute Gasteiger partial charge is 0.186 e. The van der Waals surface area contributed by atoms with Gasteiger partial charge in [0.25, 0.3) is 0 Å². The summed E-state index contributed by atoms with van der Waals surface area (Å²) in [6, 6.07) is 12.1. The minimum Gasteiger partial charge on any atom is -0.357 e. The molecule has 1 atom stereocenters. The SMILES string of the molecule is CN.CNNC.Cc1ccc2nc(N3Cc4[nH]c5ccc(Cl)cc5c4C(C=O)C3)sc2c1. The summed E-state index contributed by atoms with van der Waals surface area (Å²) in [6.45, 7) is 3.43. The second-order valence-corrected chi connectivity index (χ2v) is 8.74. The number of nitrogens with two attached hydrogens (primary N) is 1. The van der Waals surface area contributed by atoms with E-state index in [4.69, 9.17) is 16.6 Å². The molecular formula is C23H29ClN6OS. The van der Waals surface area contributed by atoms with Crippen LogP contribution in [0.1, 0.15) is 22.7 Å². The molecule has 0 radical (unpaired) electrons. The largest absolute Gasteiger partial charge is 0.357 e. The van der Waals surface area contributed by atoms with Gasteiger partial charge in [-0.3, -0.25) is 10.9 Å². The van der Waals surface area contributed by atoms with Gasteiger partial charge in [-0.2, -0.15) is 0 Å². The number of halogens is 1.